The number of piperidine rings is 1. The first-order valence-corrected chi connectivity index (χ1v) is 20.4. The zero-order valence-electron chi connectivity index (χ0n) is 34.5. The van der Waals surface area contributed by atoms with E-state index in [0.717, 1.165) is 38.9 Å². The highest BCUT2D eigenvalue weighted by Crippen LogP contribution is 2.40. The minimum Gasteiger partial charge on any atom is -0.463 e. The molecule has 0 aromatic carbocycles. The molecule has 0 radical (unpaired) electrons. The number of hydrogen-bond donors (Lipinski definition) is 1. The number of aliphatic hydroxyl groups excluding tert-OH is 1. The minimum absolute atomic E-state index is 0.0530. The molecule has 0 spiro atoms. The molecule has 3 fully saturated rings. The van der Waals surface area contributed by atoms with Crippen molar-refractivity contribution in [1.82, 2.24) is 14.7 Å². The SMILES string of the molecule is CCCCCCCN1CCC(C[C@@H]2COC(=O)[C@@](C)(CCC)C(=O)[C@H](C)[C@@H](O[C@@H]3O[C@H](C)C[C@H](N(C)C)[C@H]3O)[C@](C)(OC)C[C@@H](C)CN2C)CC1. The van der Waals surface area contributed by atoms with Crippen molar-refractivity contribution in [3.63, 3.8) is 0 Å². The van der Waals surface area contributed by atoms with E-state index >= 15 is 0 Å². The van der Waals surface area contributed by atoms with Gasteiger partial charge in [0.15, 0.2) is 12.1 Å². The van der Waals surface area contributed by atoms with E-state index in [1.807, 2.05) is 46.7 Å². The van der Waals surface area contributed by atoms with Gasteiger partial charge >= 0.3 is 5.97 Å². The van der Waals surface area contributed by atoms with Gasteiger partial charge in [-0.15, -0.1) is 0 Å². The first kappa shape index (κ1) is 44.3. The van der Waals surface area contributed by atoms with E-state index in [4.69, 9.17) is 18.9 Å². The molecule has 0 unspecified atom stereocenters. The molecular weight excluding hydrogens is 646 g/mol. The maximum atomic E-state index is 14.7. The standard InChI is InChI=1S/C41H77N3O7/c1-12-14-15-16-17-21-44-22-18-32(19-23-44)25-33-28-49-39(47)40(6,20-13-2)36(46)31(5)37(41(7,48-11)26-29(3)27-43(33)10)51-38-35(45)34(42(8)9)24-30(4)50-38/h29-35,37-38,45H,12-28H2,1-11H3/t29-,30-,31+,33-,34+,35-,37-,38+,40+,41-/m1/s1. The van der Waals surface area contributed by atoms with Crippen LogP contribution in [0.4, 0.5) is 0 Å². The molecule has 298 valence electrons. The Balaban J connectivity index is 1.86. The van der Waals surface area contributed by atoms with Crippen LogP contribution in [0.3, 0.4) is 0 Å². The number of likely N-dealkylation sites (N-methyl/N-ethyl adjacent to an activating group) is 2. The number of esters is 1. The molecule has 0 aromatic rings. The predicted octanol–water partition coefficient (Wildman–Crippen LogP) is 6.17. The van der Waals surface area contributed by atoms with Gasteiger partial charge in [-0.3, -0.25) is 14.5 Å². The summed E-state index contributed by atoms with van der Waals surface area (Å²) >= 11 is 0. The second-order valence-corrected chi connectivity index (χ2v) is 17.3. The van der Waals surface area contributed by atoms with Gasteiger partial charge in [-0.05, 0) is 118 Å². The highest BCUT2D eigenvalue weighted by Gasteiger charge is 2.52. The molecule has 3 rings (SSSR count). The first-order valence-electron chi connectivity index (χ1n) is 20.4. The molecule has 1 N–H and O–H groups in total. The molecule has 3 heterocycles. The van der Waals surface area contributed by atoms with Gasteiger partial charge in [-0.1, -0.05) is 59.8 Å². The Labute approximate surface area is 311 Å². The molecule has 3 aliphatic rings. The molecule has 0 amide bonds. The van der Waals surface area contributed by atoms with Crippen LogP contribution in [0, 0.1) is 23.2 Å². The number of Topliss-reactive ketones (excluding diaryl/α,β-unsaturated/α-hetero) is 1. The molecular formula is C41H77N3O7. The van der Waals surface area contributed by atoms with E-state index in [0.29, 0.717) is 31.6 Å². The molecule has 0 aromatic heterocycles. The topological polar surface area (TPSA) is 101 Å². The molecule has 0 saturated carbocycles. The summed E-state index contributed by atoms with van der Waals surface area (Å²) in [7, 11) is 7.71. The predicted molar refractivity (Wildman–Crippen MR) is 204 cm³/mol. The van der Waals surface area contributed by atoms with E-state index in [1.165, 1.54) is 38.6 Å². The number of nitrogens with zero attached hydrogens (tertiary/aromatic N) is 3. The normalized spacial score (nSPS) is 37.5. The van der Waals surface area contributed by atoms with Crippen LogP contribution in [0.5, 0.6) is 0 Å². The third-order valence-electron chi connectivity index (χ3n) is 12.5. The monoisotopic (exact) mass is 724 g/mol. The van der Waals surface area contributed by atoms with Crippen molar-refractivity contribution >= 4 is 11.8 Å². The van der Waals surface area contributed by atoms with Crippen LogP contribution in [0.15, 0.2) is 0 Å². The summed E-state index contributed by atoms with van der Waals surface area (Å²) in [6.45, 7) is 18.6. The maximum absolute atomic E-state index is 14.7. The lowest BCUT2D eigenvalue weighted by Crippen LogP contribution is -2.59. The fraction of sp³-hybridized carbons (Fsp3) is 0.951. The lowest BCUT2D eigenvalue weighted by atomic mass is 9.71. The number of likely N-dealkylation sites (tertiary alicyclic amines) is 1. The van der Waals surface area contributed by atoms with Crippen molar-refractivity contribution in [2.24, 2.45) is 23.2 Å². The Hall–Kier alpha value is -1.14. The van der Waals surface area contributed by atoms with Crippen molar-refractivity contribution in [3.05, 3.63) is 0 Å². The third kappa shape index (κ3) is 11.9. The summed E-state index contributed by atoms with van der Waals surface area (Å²) in [5.74, 6) is -0.667. The molecule has 0 bridgehead atoms. The van der Waals surface area contributed by atoms with Crippen molar-refractivity contribution in [3.8, 4) is 0 Å². The minimum atomic E-state index is -1.35. The van der Waals surface area contributed by atoms with Crippen molar-refractivity contribution in [2.45, 2.75) is 168 Å². The van der Waals surface area contributed by atoms with Crippen LogP contribution in [-0.2, 0) is 28.5 Å². The summed E-state index contributed by atoms with van der Waals surface area (Å²) in [6, 6.07) is -0.113. The van der Waals surface area contributed by atoms with Gasteiger partial charge in [0.05, 0.1) is 17.8 Å². The first-order chi connectivity index (χ1) is 24.1. The molecule has 10 heteroatoms. The Bertz CT molecular complexity index is 1050. The number of ether oxygens (including phenoxy) is 4. The third-order valence-corrected chi connectivity index (χ3v) is 12.5. The van der Waals surface area contributed by atoms with Gasteiger partial charge in [-0.25, -0.2) is 0 Å². The Morgan fingerprint density at radius 1 is 1.00 bits per heavy atom. The number of carbonyl (C=O) groups is 2. The van der Waals surface area contributed by atoms with Crippen molar-refractivity contribution < 1.29 is 33.6 Å². The molecule has 10 atom stereocenters. The second kappa shape index (κ2) is 20.5. The quantitative estimate of drug-likeness (QED) is 0.127. The highest BCUT2D eigenvalue weighted by atomic mass is 16.7. The number of rotatable bonds is 14. The van der Waals surface area contributed by atoms with E-state index in [-0.39, 0.29) is 36.5 Å². The van der Waals surface area contributed by atoms with Crippen LogP contribution in [0.2, 0.25) is 0 Å². The van der Waals surface area contributed by atoms with Gasteiger partial charge in [0, 0.05) is 31.7 Å². The van der Waals surface area contributed by atoms with Crippen molar-refractivity contribution in [2.75, 3.05) is 61.0 Å². The molecule has 3 saturated heterocycles. The summed E-state index contributed by atoms with van der Waals surface area (Å²) in [6.07, 6.45) is 9.36. The fourth-order valence-corrected chi connectivity index (χ4v) is 9.24. The Kier molecular flexibility index (Phi) is 17.8. The number of methoxy groups -OCH3 is 1. The number of hydrogen-bond acceptors (Lipinski definition) is 10. The zero-order chi connectivity index (χ0) is 37.9. The van der Waals surface area contributed by atoms with Crippen LogP contribution in [-0.4, -0.2) is 135 Å². The van der Waals surface area contributed by atoms with E-state index in [2.05, 4.69) is 30.7 Å². The smallest absolute Gasteiger partial charge is 0.319 e. The largest absolute Gasteiger partial charge is 0.463 e. The van der Waals surface area contributed by atoms with Gasteiger partial charge in [0.2, 0.25) is 0 Å². The zero-order valence-corrected chi connectivity index (χ0v) is 34.5. The average molecular weight is 724 g/mol. The molecule has 51 heavy (non-hydrogen) atoms. The van der Waals surface area contributed by atoms with Crippen molar-refractivity contribution in [1.29, 1.82) is 0 Å². The number of aliphatic hydroxyl groups is 1. The van der Waals surface area contributed by atoms with Gasteiger partial charge in [0.1, 0.15) is 18.1 Å². The number of carbonyl (C=O) groups excluding carboxylic acids is 2. The number of cyclic esters (lactones) is 1. The number of ketones is 1. The summed E-state index contributed by atoms with van der Waals surface area (Å²) in [5, 5.41) is 11.4. The van der Waals surface area contributed by atoms with E-state index in [1.54, 1.807) is 14.0 Å². The van der Waals surface area contributed by atoms with Crippen LogP contribution in [0.1, 0.15) is 126 Å². The summed E-state index contributed by atoms with van der Waals surface area (Å²) < 4.78 is 25.5. The van der Waals surface area contributed by atoms with Gasteiger partial charge in [-0.2, -0.15) is 0 Å². The lowest BCUT2D eigenvalue weighted by molar-refractivity contribution is -0.295. The van der Waals surface area contributed by atoms with Crippen LogP contribution in [0.25, 0.3) is 0 Å². The average Bonchev–Trinajstić information content (AvgIpc) is 3.09. The Morgan fingerprint density at radius 2 is 1.67 bits per heavy atom. The fourth-order valence-electron chi connectivity index (χ4n) is 9.24. The molecule has 0 aliphatic carbocycles. The van der Waals surface area contributed by atoms with Gasteiger partial charge < -0.3 is 33.9 Å². The summed E-state index contributed by atoms with van der Waals surface area (Å²) in [5.41, 5.74) is -2.25. The maximum Gasteiger partial charge on any atom is 0.319 e. The summed E-state index contributed by atoms with van der Waals surface area (Å²) in [4.78, 5) is 35.8. The van der Waals surface area contributed by atoms with E-state index < -0.39 is 41.4 Å². The van der Waals surface area contributed by atoms with Crippen LogP contribution < -0.4 is 0 Å². The second-order valence-electron chi connectivity index (χ2n) is 17.3. The number of unbranched alkanes of at least 4 members (excludes halogenated alkanes) is 4. The van der Waals surface area contributed by atoms with E-state index in [9.17, 15) is 14.7 Å². The Morgan fingerprint density at radius 3 is 2.27 bits per heavy atom. The molecule has 10 nitrogen and oxygen atoms in total. The molecule has 3 aliphatic heterocycles. The lowest BCUT2D eigenvalue weighted by Gasteiger charge is -2.47. The van der Waals surface area contributed by atoms with Gasteiger partial charge in [0.25, 0.3) is 0 Å². The highest BCUT2D eigenvalue weighted by molar-refractivity contribution is 6.04. The van der Waals surface area contributed by atoms with Crippen LogP contribution >= 0.6 is 0 Å².